The Morgan fingerprint density at radius 1 is 1.52 bits per heavy atom. The number of ether oxygens (including phenoxy) is 1. The third kappa shape index (κ3) is 6.42. The van der Waals surface area contributed by atoms with E-state index < -0.39 is 10.5 Å². The first-order valence-electron chi connectivity index (χ1n) is 6.31. The number of nitrogens with two attached hydrogens (primary N) is 1. The molecule has 0 aliphatic heterocycles. The highest BCUT2D eigenvalue weighted by Crippen LogP contribution is 2.29. The van der Waals surface area contributed by atoms with Gasteiger partial charge in [-0.3, -0.25) is 14.9 Å². The number of nitro benzene ring substituents is 1. The second-order valence-electron chi connectivity index (χ2n) is 5.23. The van der Waals surface area contributed by atoms with Crippen LogP contribution in [0.4, 0.5) is 5.69 Å². The van der Waals surface area contributed by atoms with Gasteiger partial charge in [-0.1, -0.05) is 11.6 Å². The van der Waals surface area contributed by atoms with Crippen molar-refractivity contribution in [2.75, 3.05) is 13.2 Å². The number of hydrogen-bond acceptors (Lipinski definition) is 5. The lowest BCUT2D eigenvalue weighted by molar-refractivity contribution is -0.385. The van der Waals surface area contributed by atoms with Crippen LogP contribution in [0.25, 0.3) is 0 Å². The minimum Gasteiger partial charge on any atom is -0.486 e. The van der Waals surface area contributed by atoms with Crippen LogP contribution in [-0.2, 0) is 4.79 Å². The Kier molecular flexibility index (Phi) is 5.92. The SMILES string of the molecule is CC(C)(N)CNC(=O)CCOc1ccc(Cl)cc1[N+](=O)[O-]. The molecular weight excluding hydrogens is 298 g/mol. The van der Waals surface area contributed by atoms with Crippen LogP contribution in [0.5, 0.6) is 5.75 Å². The maximum atomic E-state index is 11.6. The van der Waals surface area contributed by atoms with E-state index in [2.05, 4.69) is 5.32 Å². The summed E-state index contributed by atoms with van der Waals surface area (Å²) < 4.78 is 5.26. The van der Waals surface area contributed by atoms with Gasteiger partial charge in [0.2, 0.25) is 5.91 Å². The van der Waals surface area contributed by atoms with Crippen molar-refractivity contribution < 1.29 is 14.5 Å². The zero-order chi connectivity index (χ0) is 16.0. The number of carbonyl (C=O) groups is 1. The monoisotopic (exact) mass is 315 g/mol. The molecule has 0 saturated heterocycles. The fourth-order valence-corrected chi connectivity index (χ4v) is 1.59. The Balaban J connectivity index is 2.49. The summed E-state index contributed by atoms with van der Waals surface area (Å²) in [6.07, 6.45) is 0.0792. The highest BCUT2D eigenvalue weighted by atomic mass is 35.5. The predicted molar refractivity (Wildman–Crippen MR) is 79.5 cm³/mol. The molecule has 21 heavy (non-hydrogen) atoms. The van der Waals surface area contributed by atoms with E-state index >= 15 is 0 Å². The standard InChI is InChI=1S/C13H18ClN3O4/c1-13(2,15)8-16-12(18)5-6-21-11-4-3-9(14)7-10(11)17(19)20/h3-4,7H,5-6,8,15H2,1-2H3,(H,16,18). The molecule has 0 saturated carbocycles. The van der Waals surface area contributed by atoms with Crippen LogP contribution in [0, 0.1) is 10.1 Å². The summed E-state index contributed by atoms with van der Waals surface area (Å²) in [7, 11) is 0. The molecule has 0 heterocycles. The van der Waals surface area contributed by atoms with Crippen molar-refractivity contribution >= 4 is 23.2 Å². The zero-order valence-corrected chi connectivity index (χ0v) is 12.6. The number of rotatable bonds is 7. The number of hydrogen-bond donors (Lipinski definition) is 2. The molecule has 7 nitrogen and oxygen atoms in total. The Morgan fingerprint density at radius 3 is 2.76 bits per heavy atom. The maximum Gasteiger partial charge on any atom is 0.312 e. The molecule has 0 unspecified atom stereocenters. The third-order valence-corrected chi connectivity index (χ3v) is 2.68. The second-order valence-corrected chi connectivity index (χ2v) is 5.67. The lowest BCUT2D eigenvalue weighted by Crippen LogP contribution is -2.45. The molecule has 1 aromatic rings. The Bertz CT molecular complexity index is 529. The quantitative estimate of drug-likeness (QED) is 0.590. The zero-order valence-electron chi connectivity index (χ0n) is 11.9. The maximum absolute atomic E-state index is 11.6. The van der Waals surface area contributed by atoms with Crippen molar-refractivity contribution in [1.82, 2.24) is 5.32 Å². The molecular formula is C13H18ClN3O4. The van der Waals surface area contributed by atoms with Crippen molar-refractivity contribution in [2.45, 2.75) is 25.8 Å². The summed E-state index contributed by atoms with van der Waals surface area (Å²) in [4.78, 5) is 21.8. The van der Waals surface area contributed by atoms with Gasteiger partial charge in [0.25, 0.3) is 0 Å². The first kappa shape index (κ1) is 17.2. The summed E-state index contributed by atoms with van der Waals surface area (Å²) >= 11 is 5.69. The van der Waals surface area contributed by atoms with Gasteiger partial charge >= 0.3 is 5.69 Å². The first-order chi connectivity index (χ1) is 9.69. The number of nitrogens with one attached hydrogen (secondary N) is 1. The van der Waals surface area contributed by atoms with Gasteiger partial charge in [-0.25, -0.2) is 0 Å². The van der Waals surface area contributed by atoms with Crippen LogP contribution in [-0.4, -0.2) is 29.5 Å². The largest absolute Gasteiger partial charge is 0.486 e. The van der Waals surface area contributed by atoms with Crippen molar-refractivity contribution in [3.05, 3.63) is 33.3 Å². The summed E-state index contributed by atoms with van der Waals surface area (Å²) in [6, 6.07) is 4.09. The molecule has 0 bridgehead atoms. The summed E-state index contributed by atoms with van der Waals surface area (Å²) in [5, 5.41) is 13.8. The molecule has 0 aromatic heterocycles. The van der Waals surface area contributed by atoms with Crippen molar-refractivity contribution in [1.29, 1.82) is 0 Å². The molecule has 3 N–H and O–H groups in total. The van der Waals surface area contributed by atoms with Gasteiger partial charge in [-0.05, 0) is 26.0 Å². The van der Waals surface area contributed by atoms with E-state index in [1.54, 1.807) is 13.8 Å². The van der Waals surface area contributed by atoms with Gasteiger partial charge < -0.3 is 15.8 Å². The number of benzene rings is 1. The highest BCUT2D eigenvalue weighted by Gasteiger charge is 2.16. The van der Waals surface area contributed by atoms with E-state index in [9.17, 15) is 14.9 Å². The molecule has 1 rings (SSSR count). The van der Waals surface area contributed by atoms with E-state index in [0.29, 0.717) is 6.54 Å². The third-order valence-electron chi connectivity index (χ3n) is 2.45. The lowest BCUT2D eigenvalue weighted by Gasteiger charge is -2.18. The smallest absolute Gasteiger partial charge is 0.312 e. The van der Waals surface area contributed by atoms with E-state index in [1.165, 1.54) is 18.2 Å². The van der Waals surface area contributed by atoms with Gasteiger partial charge in [0.15, 0.2) is 5.75 Å². The van der Waals surface area contributed by atoms with Crippen molar-refractivity contribution in [3.8, 4) is 5.75 Å². The van der Waals surface area contributed by atoms with Crippen LogP contribution < -0.4 is 15.8 Å². The van der Waals surface area contributed by atoms with Crippen LogP contribution in [0.2, 0.25) is 5.02 Å². The first-order valence-corrected chi connectivity index (χ1v) is 6.69. The fourth-order valence-electron chi connectivity index (χ4n) is 1.42. The molecule has 1 amide bonds. The minimum absolute atomic E-state index is 0.0271. The number of halogens is 1. The average molecular weight is 316 g/mol. The molecule has 1 aromatic carbocycles. The Morgan fingerprint density at radius 2 is 2.19 bits per heavy atom. The summed E-state index contributed by atoms with van der Waals surface area (Å²) in [5.74, 6) is -0.151. The molecule has 8 heteroatoms. The normalized spacial score (nSPS) is 11.0. The van der Waals surface area contributed by atoms with Crippen molar-refractivity contribution in [3.63, 3.8) is 0 Å². The van der Waals surface area contributed by atoms with E-state index in [4.69, 9.17) is 22.1 Å². The van der Waals surface area contributed by atoms with Crippen LogP contribution in [0.1, 0.15) is 20.3 Å². The fraction of sp³-hybridized carbons (Fsp3) is 0.462. The molecule has 0 fully saturated rings. The highest BCUT2D eigenvalue weighted by molar-refractivity contribution is 6.30. The van der Waals surface area contributed by atoms with Gasteiger partial charge in [0.05, 0.1) is 18.0 Å². The number of nitro groups is 1. The van der Waals surface area contributed by atoms with Gasteiger partial charge in [-0.2, -0.15) is 0 Å². The van der Waals surface area contributed by atoms with Crippen LogP contribution >= 0.6 is 11.6 Å². The van der Waals surface area contributed by atoms with Gasteiger partial charge in [0.1, 0.15) is 0 Å². The molecule has 0 radical (unpaired) electrons. The molecule has 0 atom stereocenters. The number of amides is 1. The number of carbonyl (C=O) groups excluding carboxylic acids is 1. The molecule has 0 spiro atoms. The Labute approximate surface area is 127 Å². The average Bonchev–Trinajstić information content (AvgIpc) is 2.37. The Hall–Kier alpha value is -1.86. The van der Waals surface area contributed by atoms with Crippen molar-refractivity contribution in [2.24, 2.45) is 5.73 Å². The van der Waals surface area contributed by atoms with Gasteiger partial charge in [0, 0.05) is 23.2 Å². The van der Waals surface area contributed by atoms with E-state index in [-0.39, 0.29) is 35.4 Å². The summed E-state index contributed by atoms with van der Waals surface area (Å²) in [5.41, 5.74) is 5.01. The summed E-state index contributed by atoms with van der Waals surface area (Å²) in [6.45, 7) is 3.95. The van der Waals surface area contributed by atoms with Crippen LogP contribution in [0.3, 0.4) is 0 Å². The number of nitrogens with zero attached hydrogens (tertiary/aromatic N) is 1. The van der Waals surface area contributed by atoms with E-state index in [0.717, 1.165) is 0 Å². The predicted octanol–water partition coefficient (Wildman–Crippen LogP) is 1.87. The van der Waals surface area contributed by atoms with Gasteiger partial charge in [-0.15, -0.1) is 0 Å². The topological polar surface area (TPSA) is 107 Å². The molecule has 116 valence electrons. The minimum atomic E-state index is -0.585. The molecule has 0 aliphatic rings. The molecule has 0 aliphatic carbocycles. The second kappa shape index (κ2) is 7.24. The lowest BCUT2D eigenvalue weighted by atomic mass is 10.1. The van der Waals surface area contributed by atoms with E-state index in [1.807, 2.05) is 0 Å². The van der Waals surface area contributed by atoms with Crippen LogP contribution in [0.15, 0.2) is 18.2 Å².